The molecule has 6 heteroatoms. The van der Waals surface area contributed by atoms with Crippen LogP contribution >= 0.6 is 15.9 Å². The van der Waals surface area contributed by atoms with E-state index in [1.807, 2.05) is 0 Å². The molecular formula is C14H18BrFN2O2. The number of anilines is 1. The van der Waals surface area contributed by atoms with Crippen molar-refractivity contribution in [2.75, 3.05) is 12.3 Å². The second-order valence-corrected chi connectivity index (χ2v) is 6.16. The Morgan fingerprint density at radius 3 is 2.65 bits per heavy atom. The first-order valence-electron chi connectivity index (χ1n) is 6.65. The number of carbonyl (C=O) groups excluding carboxylic acids is 1. The number of aliphatic hydroxyl groups is 1. The lowest BCUT2D eigenvalue weighted by Crippen LogP contribution is -2.52. The maximum absolute atomic E-state index is 13.3. The number of hydrogen-bond donors (Lipinski definition) is 3. The molecule has 0 saturated heterocycles. The summed E-state index contributed by atoms with van der Waals surface area (Å²) in [5.74, 6) is -0.914. The molecule has 20 heavy (non-hydrogen) atoms. The molecule has 4 N–H and O–H groups in total. The zero-order chi connectivity index (χ0) is 14.8. The highest BCUT2D eigenvalue weighted by atomic mass is 79.9. The molecule has 0 bridgehead atoms. The van der Waals surface area contributed by atoms with Crippen LogP contribution in [0.15, 0.2) is 16.6 Å². The van der Waals surface area contributed by atoms with E-state index in [9.17, 15) is 14.3 Å². The van der Waals surface area contributed by atoms with E-state index in [0.717, 1.165) is 32.1 Å². The third kappa shape index (κ3) is 3.12. The predicted molar refractivity (Wildman–Crippen MR) is 78.9 cm³/mol. The first-order valence-corrected chi connectivity index (χ1v) is 7.45. The Labute approximate surface area is 125 Å². The van der Waals surface area contributed by atoms with E-state index in [0.29, 0.717) is 4.47 Å². The molecule has 1 aliphatic rings. The molecule has 1 aliphatic carbocycles. The standard InChI is InChI=1S/C14H18BrFN2O2/c15-10-7-11(16)12(17)6-9(10)13(20)18-14(8-19)4-2-1-3-5-14/h6-7,19H,1-5,8,17H2,(H,18,20). The molecule has 0 atom stereocenters. The highest BCUT2D eigenvalue weighted by molar-refractivity contribution is 9.10. The number of halogens is 2. The average molecular weight is 345 g/mol. The molecule has 0 heterocycles. The van der Waals surface area contributed by atoms with Crippen LogP contribution in [-0.4, -0.2) is 23.2 Å². The number of carbonyl (C=O) groups is 1. The average Bonchev–Trinajstić information content (AvgIpc) is 2.43. The maximum Gasteiger partial charge on any atom is 0.253 e. The first kappa shape index (κ1) is 15.3. The van der Waals surface area contributed by atoms with Crippen LogP contribution in [-0.2, 0) is 0 Å². The third-order valence-corrected chi connectivity index (χ3v) is 4.48. The molecule has 1 aromatic rings. The molecule has 1 aromatic carbocycles. The van der Waals surface area contributed by atoms with Crippen molar-refractivity contribution in [3.63, 3.8) is 0 Å². The number of hydrogen-bond acceptors (Lipinski definition) is 3. The van der Waals surface area contributed by atoms with E-state index in [-0.39, 0.29) is 23.8 Å². The van der Waals surface area contributed by atoms with E-state index in [2.05, 4.69) is 21.2 Å². The number of benzene rings is 1. The van der Waals surface area contributed by atoms with Crippen molar-refractivity contribution >= 4 is 27.5 Å². The van der Waals surface area contributed by atoms with Crippen molar-refractivity contribution in [1.82, 2.24) is 5.32 Å². The zero-order valence-corrected chi connectivity index (χ0v) is 12.7. The molecule has 0 unspecified atom stereocenters. The predicted octanol–water partition coefficient (Wildman–Crippen LogP) is 2.60. The molecule has 1 fully saturated rings. The van der Waals surface area contributed by atoms with E-state index in [1.54, 1.807) is 0 Å². The van der Waals surface area contributed by atoms with Crippen molar-refractivity contribution < 1.29 is 14.3 Å². The summed E-state index contributed by atoms with van der Waals surface area (Å²) in [5, 5.41) is 12.5. The molecule has 110 valence electrons. The Hall–Kier alpha value is -1.14. The van der Waals surface area contributed by atoms with Gasteiger partial charge in [-0.1, -0.05) is 19.3 Å². The van der Waals surface area contributed by atoms with Crippen molar-refractivity contribution in [2.24, 2.45) is 0 Å². The van der Waals surface area contributed by atoms with Crippen molar-refractivity contribution in [3.8, 4) is 0 Å². The van der Waals surface area contributed by atoms with Crippen LogP contribution in [0.4, 0.5) is 10.1 Å². The number of amides is 1. The fraction of sp³-hybridized carbons (Fsp3) is 0.500. The lowest BCUT2D eigenvalue weighted by molar-refractivity contribution is 0.0758. The molecule has 1 amide bonds. The summed E-state index contributed by atoms with van der Waals surface area (Å²) in [6, 6.07) is 2.49. The summed E-state index contributed by atoms with van der Waals surface area (Å²) >= 11 is 3.17. The lowest BCUT2D eigenvalue weighted by atomic mass is 9.82. The Morgan fingerprint density at radius 1 is 1.40 bits per heavy atom. The van der Waals surface area contributed by atoms with Crippen LogP contribution in [0.25, 0.3) is 0 Å². The minimum absolute atomic E-state index is 0.0694. The Bertz CT molecular complexity index is 516. The minimum atomic E-state index is -0.572. The van der Waals surface area contributed by atoms with Crippen molar-refractivity contribution in [1.29, 1.82) is 0 Å². The summed E-state index contributed by atoms with van der Waals surface area (Å²) in [5.41, 5.74) is 5.14. The number of nitrogens with one attached hydrogen (secondary N) is 1. The third-order valence-electron chi connectivity index (χ3n) is 3.82. The van der Waals surface area contributed by atoms with Gasteiger partial charge >= 0.3 is 0 Å². The van der Waals surface area contributed by atoms with Crippen molar-refractivity contribution in [3.05, 3.63) is 28.0 Å². The number of nitrogen functional groups attached to an aromatic ring is 1. The summed E-state index contributed by atoms with van der Waals surface area (Å²) in [7, 11) is 0. The van der Waals surface area contributed by atoms with Gasteiger partial charge in [-0.3, -0.25) is 4.79 Å². The fourth-order valence-corrected chi connectivity index (χ4v) is 3.09. The molecule has 0 aromatic heterocycles. The number of rotatable bonds is 3. The summed E-state index contributed by atoms with van der Waals surface area (Å²) < 4.78 is 13.6. The Kier molecular flexibility index (Phi) is 4.65. The topological polar surface area (TPSA) is 75.4 Å². The normalized spacial score (nSPS) is 17.8. The van der Waals surface area contributed by atoms with Gasteiger partial charge in [-0.15, -0.1) is 0 Å². The molecule has 2 rings (SSSR count). The summed E-state index contributed by atoms with van der Waals surface area (Å²) in [6.07, 6.45) is 4.58. The fourth-order valence-electron chi connectivity index (χ4n) is 2.60. The molecule has 1 saturated carbocycles. The lowest BCUT2D eigenvalue weighted by Gasteiger charge is -2.36. The van der Waals surface area contributed by atoms with Crippen LogP contribution in [0.3, 0.4) is 0 Å². The smallest absolute Gasteiger partial charge is 0.253 e. The van der Waals surface area contributed by atoms with Crippen molar-refractivity contribution in [2.45, 2.75) is 37.6 Å². The van der Waals surface area contributed by atoms with E-state index in [4.69, 9.17) is 5.73 Å². The van der Waals surface area contributed by atoms with E-state index < -0.39 is 11.4 Å². The second kappa shape index (κ2) is 6.10. The number of nitrogens with two attached hydrogens (primary N) is 1. The Balaban J connectivity index is 2.21. The van der Waals surface area contributed by atoms with Crippen LogP contribution < -0.4 is 11.1 Å². The first-order chi connectivity index (χ1) is 9.47. The van der Waals surface area contributed by atoms with Gasteiger partial charge < -0.3 is 16.2 Å². The van der Waals surface area contributed by atoms with Gasteiger partial charge in [0.15, 0.2) is 0 Å². The van der Waals surface area contributed by atoms with Crippen LogP contribution in [0.5, 0.6) is 0 Å². The van der Waals surface area contributed by atoms with Gasteiger partial charge in [0.2, 0.25) is 0 Å². The van der Waals surface area contributed by atoms with Gasteiger partial charge in [0.05, 0.1) is 23.4 Å². The second-order valence-electron chi connectivity index (χ2n) is 5.31. The Morgan fingerprint density at radius 2 is 2.05 bits per heavy atom. The van der Waals surface area contributed by atoms with Crippen LogP contribution in [0.1, 0.15) is 42.5 Å². The zero-order valence-electron chi connectivity index (χ0n) is 11.1. The van der Waals surface area contributed by atoms with E-state index in [1.165, 1.54) is 12.1 Å². The highest BCUT2D eigenvalue weighted by Gasteiger charge is 2.33. The SMILES string of the molecule is Nc1cc(C(=O)NC2(CO)CCCCC2)c(Br)cc1F. The van der Waals surface area contributed by atoms with Crippen LogP contribution in [0.2, 0.25) is 0 Å². The number of aliphatic hydroxyl groups excluding tert-OH is 1. The van der Waals surface area contributed by atoms with Crippen LogP contribution in [0, 0.1) is 5.82 Å². The largest absolute Gasteiger partial charge is 0.396 e. The quantitative estimate of drug-likeness (QED) is 0.737. The molecule has 4 nitrogen and oxygen atoms in total. The van der Waals surface area contributed by atoms with Gasteiger partial charge in [-0.2, -0.15) is 0 Å². The van der Waals surface area contributed by atoms with Gasteiger partial charge in [0.25, 0.3) is 5.91 Å². The monoisotopic (exact) mass is 344 g/mol. The van der Waals surface area contributed by atoms with Gasteiger partial charge in [0.1, 0.15) is 5.82 Å². The molecular weight excluding hydrogens is 327 g/mol. The molecule has 0 spiro atoms. The minimum Gasteiger partial charge on any atom is -0.396 e. The van der Waals surface area contributed by atoms with Gasteiger partial charge in [-0.05, 0) is 40.9 Å². The van der Waals surface area contributed by atoms with E-state index >= 15 is 0 Å². The molecule has 0 radical (unpaired) electrons. The van der Waals surface area contributed by atoms with Gasteiger partial charge in [0, 0.05) is 4.47 Å². The maximum atomic E-state index is 13.3. The summed E-state index contributed by atoms with van der Waals surface area (Å²) in [6.45, 7) is -0.0902. The molecule has 0 aliphatic heterocycles. The summed E-state index contributed by atoms with van der Waals surface area (Å²) in [4.78, 5) is 12.3. The highest BCUT2D eigenvalue weighted by Crippen LogP contribution is 2.29. The van der Waals surface area contributed by atoms with Gasteiger partial charge in [-0.25, -0.2) is 4.39 Å².